The molecule has 10 heteroatoms. The van der Waals surface area contributed by atoms with Crippen molar-refractivity contribution in [1.29, 1.82) is 0 Å². The highest BCUT2D eigenvalue weighted by Crippen LogP contribution is 2.63. The standard InChI is InChI=1S/C47H55N7O3/c1-30-39-26-48-28-53(39)37(44(30)33-9-5-3-6-10-33)23-41(55)32-13-15-35(16-14-32)47(57)25-42(47)46(56,36-18-21-52(22-19-36)43-17-20-50-51-43)24-38-45(34-11-7-4-8-12-34)31(2)40-27-49-29-54(38)40/h3-12,17,20,26-29,32,35-38,41-42,55-57H,13-16,18-19,21-25H2,1-2H3,(H,50,51). The average Bonchev–Trinajstić information content (AvgIpc) is 3.90. The second kappa shape index (κ2) is 14.3. The number of imidazole rings is 2. The van der Waals surface area contributed by atoms with Crippen molar-refractivity contribution in [2.45, 2.75) is 101 Å². The third kappa shape index (κ3) is 6.14. The lowest BCUT2D eigenvalue weighted by Crippen LogP contribution is -2.50. The number of hydrogen-bond donors (Lipinski definition) is 4. The van der Waals surface area contributed by atoms with Crippen molar-refractivity contribution in [2.75, 3.05) is 18.0 Å². The van der Waals surface area contributed by atoms with Crippen LogP contribution in [0.2, 0.25) is 0 Å². The van der Waals surface area contributed by atoms with Crippen LogP contribution in [-0.4, -0.2) is 75.0 Å². The number of rotatable bonds is 11. The minimum Gasteiger partial charge on any atom is -0.393 e. The summed E-state index contributed by atoms with van der Waals surface area (Å²) < 4.78 is 4.49. The SMILES string of the molecule is CC1=C(c2ccccc2)C(CC(O)C2CCC(C3(O)CC3C(O)(CC3C(c4ccccc4)=C(C)c4cncn43)C3CCN(c4ccn[nH]4)CC3)CC2)n2cncc21. The molecule has 6 atom stereocenters. The molecule has 2 aliphatic carbocycles. The van der Waals surface area contributed by atoms with Crippen molar-refractivity contribution in [2.24, 2.45) is 23.7 Å². The van der Waals surface area contributed by atoms with E-state index in [9.17, 15) is 15.3 Å². The van der Waals surface area contributed by atoms with Gasteiger partial charge in [0.25, 0.3) is 0 Å². The van der Waals surface area contributed by atoms with Gasteiger partial charge in [-0.15, -0.1) is 0 Å². The Balaban J connectivity index is 0.876. The predicted molar refractivity (Wildman–Crippen MR) is 223 cm³/mol. The summed E-state index contributed by atoms with van der Waals surface area (Å²) in [6.45, 7) is 6.00. The number of aliphatic hydroxyl groups excluding tert-OH is 1. The van der Waals surface area contributed by atoms with Crippen LogP contribution in [0.15, 0.2) is 98.0 Å². The monoisotopic (exact) mass is 765 g/mol. The van der Waals surface area contributed by atoms with Crippen molar-refractivity contribution in [1.82, 2.24) is 29.3 Å². The number of aliphatic hydroxyl groups is 3. The van der Waals surface area contributed by atoms with Gasteiger partial charge in [-0.25, -0.2) is 9.97 Å². The lowest BCUT2D eigenvalue weighted by Gasteiger charge is -2.45. The molecule has 6 unspecified atom stereocenters. The van der Waals surface area contributed by atoms with E-state index in [2.05, 4.69) is 103 Å². The molecule has 296 valence electrons. The highest BCUT2D eigenvalue weighted by Gasteiger charge is 2.68. The molecule has 0 amide bonds. The summed E-state index contributed by atoms with van der Waals surface area (Å²) in [6, 6.07) is 23.1. The van der Waals surface area contributed by atoms with E-state index in [1.54, 1.807) is 6.20 Å². The number of nitrogens with one attached hydrogen (secondary N) is 1. The van der Waals surface area contributed by atoms with Crippen molar-refractivity contribution in [3.8, 4) is 0 Å². The number of anilines is 1. The van der Waals surface area contributed by atoms with E-state index < -0.39 is 17.3 Å². The molecular weight excluding hydrogens is 711 g/mol. The summed E-state index contributed by atoms with van der Waals surface area (Å²) >= 11 is 0. The molecule has 2 aromatic carbocycles. The minimum atomic E-state index is -1.08. The number of piperidine rings is 1. The normalized spacial score (nSPS) is 29.1. The Morgan fingerprint density at radius 3 is 1.95 bits per heavy atom. The van der Waals surface area contributed by atoms with E-state index in [0.717, 1.165) is 68.8 Å². The molecule has 10 nitrogen and oxygen atoms in total. The summed E-state index contributed by atoms with van der Waals surface area (Å²) in [5.41, 5.74) is 7.53. The molecule has 3 fully saturated rings. The van der Waals surface area contributed by atoms with E-state index in [1.807, 2.05) is 37.2 Å². The van der Waals surface area contributed by atoms with Crippen molar-refractivity contribution in [3.63, 3.8) is 0 Å². The van der Waals surface area contributed by atoms with Gasteiger partial charge in [0.15, 0.2) is 0 Å². The molecule has 5 aliphatic rings. The molecule has 5 aromatic rings. The number of nitrogens with zero attached hydrogens (tertiary/aromatic N) is 6. The first-order valence-electron chi connectivity index (χ1n) is 21.2. The fourth-order valence-corrected chi connectivity index (χ4v) is 11.9. The number of benzene rings is 2. The molecule has 3 aromatic heterocycles. The van der Waals surface area contributed by atoms with Crippen LogP contribution in [0, 0.1) is 23.7 Å². The zero-order valence-electron chi connectivity index (χ0n) is 33.1. The maximum Gasteiger partial charge on any atom is 0.123 e. The Morgan fingerprint density at radius 2 is 1.37 bits per heavy atom. The molecular formula is C47H55N7O3. The van der Waals surface area contributed by atoms with Crippen LogP contribution in [0.25, 0.3) is 22.3 Å². The van der Waals surface area contributed by atoms with Crippen molar-refractivity contribution < 1.29 is 15.3 Å². The molecule has 4 N–H and O–H groups in total. The Labute approximate surface area is 335 Å². The first-order chi connectivity index (χ1) is 27.7. The number of aromatic amines is 1. The highest BCUT2D eigenvalue weighted by atomic mass is 16.3. The van der Waals surface area contributed by atoms with E-state index in [-0.39, 0.29) is 35.8 Å². The second-order valence-corrected chi connectivity index (χ2v) is 17.8. The van der Waals surface area contributed by atoms with Crippen LogP contribution >= 0.6 is 0 Å². The Morgan fingerprint density at radius 1 is 0.789 bits per heavy atom. The van der Waals surface area contributed by atoms with E-state index in [4.69, 9.17) is 0 Å². The number of hydrogen-bond acceptors (Lipinski definition) is 7. The van der Waals surface area contributed by atoms with Gasteiger partial charge >= 0.3 is 0 Å². The summed E-state index contributed by atoms with van der Waals surface area (Å²) in [5, 5.41) is 45.3. The molecule has 0 spiro atoms. The Bertz CT molecular complexity index is 2260. The summed E-state index contributed by atoms with van der Waals surface area (Å²) in [6.07, 6.45) is 16.0. The van der Waals surface area contributed by atoms with Gasteiger partial charge in [-0.2, -0.15) is 5.10 Å². The first-order valence-corrected chi connectivity index (χ1v) is 21.2. The van der Waals surface area contributed by atoms with Crippen LogP contribution in [0.4, 0.5) is 5.82 Å². The highest BCUT2D eigenvalue weighted by molar-refractivity contribution is 5.94. The Hall–Kier alpha value is -4.77. The first kappa shape index (κ1) is 36.6. The van der Waals surface area contributed by atoms with Gasteiger partial charge in [-0.1, -0.05) is 60.7 Å². The van der Waals surface area contributed by atoms with Gasteiger partial charge in [0.2, 0.25) is 0 Å². The van der Waals surface area contributed by atoms with Crippen LogP contribution < -0.4 is 4.90 Å². The largest absolute Gasteiger partial charge is 0.393 e. The number of fused-ring (bicyclic) bond motifs is 2. The molecule has 10 rings (SSSR count). The van der Waals surface area contributed by atoms with E-state index in [1.165, 1.54) is 33.4 Å². The average molecular weight is 766 g/mol. The second-order valence-electron chi connectivity index (χ2n) is 17.8. The van der Waals surface area contributed by atoms with Gasteiger partial charge in [-0.05, 0) is 116 Å². The quantitative estimate of drug-likeness (QED) is 0.108. The van der Waals surface area contributed by atoms with Gasteiger partial charge < -0.3 is 29.4 Å². The fraction of sp³-hybridized carbons (Fsp3) is 0.468. The van der Waals surface area contributed by atoms with Crippen LogP contribution in [-0.2, 0) is 0 Å². The molecule has 57 heavy (non-hydrogen) atoms. The number of allylic oxidation sites excluding steroid dienone is 4. The molecule has 3 aliphatic heterocycles. The fourth-order valence-electron chi connectivity index (χ4n) is 11.9. The van der Waals surface area contributed by atoms with Gasteiger partial charge in [-0.3, -0.25) is 5.10 Å². The van der Waals surface area contributed by atoms with E-state index in [0.29, 0.717) is 19.3 Å². The van der Waals surface area contributed by atoms with Gasteiger partial charge in [0, 0.05) is 31.5 Å². The van der Waals surface area contributed by atoms with Gasteiger partial charge in [0.1, 0.15) is 5.82 Å². The zero-order chi connectivity index (χ0) is 38.9. The van der Waals surface area contributed by atoms with Crippen LogP contribution in [0.5, 0.6) is 0 Å². The van der Waals surface area contributed by atoms with Crippen molar-refractivity contribution in [3.05, 3.63) is 120 Å². The van der Waals surface area contributed by atoms with Crippen LogP contribution in [0.3, 0.4) is 0 Å². The number of aromatic nitrogens is 6. The predicted octanol–water partition coefficient (Wildman–Crippen LogP) is 7.82. The minimum absolute atomic E-state index is 0.0357. The summed E-state index contributed by atoms with van der Waals surface area (Å²) in [5.74, 6) is 1.09. The summed E-state index contributed by atoms with van der Waals surface area (Å²) in [7, 11) is 0. The third-order valence-electron chi connectivity index (χ3n) is 15.0. The molecule has 6 heterocycles. The zero-order valence-corrected chi connectivity index (χ0v) is 33.1. The lowest BCUT2D eigenvalue weighted by molar-refractivity contribution is -0.0951. The van der Waals surface area contributed by atoms with Gasteiger partial charge in [0.05, 0.1) is 72.0 Å². The topological polar surface area (TPSA) is 128 Å². The molecule has 2 saturated carbocycles. The van der Waals surface area contributed by atoms with E-state index >= 15 is 0 Å². The third-order valence-corrected chi connectivity index (χ3v) is 15.0. The van der Waals surface area contributed by atoms with Crippen LogP contribution in [0.1, 0.15) is 106 Å². The Kier molecular flexibility index (Phi) is 9.14. The number of H-pyrrole nitrogens is 1. The summed E-state index contributed by atoms with van der Waals surface area (Å²) in [4.78, 5) is 11.3. The molecule has 0 radical (unpaired) electrons. The molecule has 1 saturated heterocycles. The maximum atomic E-state index is 13.4. The maximum absolute atomic E-state index is 13.4. The van der Waals surface area contributed by atoms with Crippen molar-refractivity contribution >= 4 is 28.1 Å². The molecule has 0 bridgehead atoms. The smallest absolute Gasteiger partial charge is 0.123 e. The lowest BCUT2D eigenvalue weighted by atomic mass is 9.69.